The molecule has 26 heavy (non-hydrogen) atoms. The molecule has 0 aromatic rings. The second kappa shape index (κ2) is 6.21. The fraction of sp³-hybridized carbons (Fsp3) is 0.826. The molecule has 4 aliphatic rings. The SMILES string of the molecule is CCC(=O)O[C@H]1CC[C@H]2[C@@H]3CCC4=CC(=O)C(C)C[C@]4(C)[C@H]3CC[C@]12C. The van der Waals surface area contributed by atoms with Gasteiger partial charge in [-0.05, 0) is 74.2 Å². The van der Waals surface area contributed by atoms with Crippen LogP contribution in [-0.2, 0) is 14.3 Å². The first-order valence-corrected chi connectivity index (χ1v) is 10.7. The average molecular weight is 359 g/mol. The quantitative estimate of drug-likeness (QED) is 0.646. The van der Waals surface area contributed by atoms with Crippen molar-refractivity contribution in [3.05, 3.63) is 11.6 Å². The van der Waals surface area contributed by atoms with Crippen molar-refractivity contribution < 1.29 is 14.3 Å². The summed E-state index contributed by atoms with van der Waals surface area (Å²) in [7, 11) is 0. The molecule has 3 saturated carbocycles. The normalized spacial score (nSPS) is 47.5. The Morgan fingerprint density at radius 1 is 1.19 bits per heavy atom. The maximum absolute atomic E-state index is 12.2. The van der Waals surface area contributed by atoms with Gasteiger partial charge in [0.05, 0.1) is 0 Å². The van der Waals surface area contributed by atoms with Gasteiger partial charge in [0, 0.05) is 17.8 Å². The monoisotopic (exact) mass is 358 g/mol. The van der Waals surface area contributed by atoms with E-state index in [0.717, 1.165) is 31.6 Å². The fourth-order valence-corrected chi connectivity index (χ4v) is 7.28. The molecule has 3 nitrogen and oxygen atoms in total. The number of allylic oxidation sites excluding steroid dienone is 1. The van der Waals surface area contributed by atoms with Gasteiger partial charge in [-0.2, -0.15) is 0 Å². The highest BCUT2D eigenvalue weighted by Gasteiger charge is 2.60. The van der Waals surface area contributed by atoms with Crippen LogP contribution in [0.5, 0.6) is 0 Å². The Balaban J connectivity index is 1.60. The van der Waals surface area contributed by atoms with Crippen LogP contribution in [0.25, 0.3) is 0 Å². The number of carbonyl (C=O) groups excluding carboxylic acids is 2. The first-order chi connectivity index (χ1) is 12.3. The zero-order valence-electron chi connectivity index (χ0n) is 16.8. The summed E-state index contributed by atoms with van der Waals surface area (Å²) in [5.41, 5.74) is 1.78. The van der Waals surface area contributed by atoms with Gasteiger partial charge in [0.1, 0.15) is 6.10 Å². The van der Waals surface area contributed by atoms with E-state index in [9.17, 15) is 9.59 Å². The maximum Gasteiger partial charge on any atom is 0.305 e. The molecule has 4 aliphatic carbocycles. The summed E-state index contributed by atoms with van der Waals surface area (Å²) in [6.45, 7) is 8.81. The minimum absolute atomic E-state index is 0.0422. The van der Waals surface area contributed by atoms with E-state index in [2.05, 4.69) is 20.8 Å². The van der Waals surface area contributed by atoms with E-state index in [-0.39, 0.29) is 28.8 Å². The van der Waals surface area contributed by atoms with Crippen molar-refractivity contribution in [2.75, 3.05) is 0 Å². The first kappa shape index (κ1) is 18.3. The lowest BCUT2D eigenvalue weighted by atomic mass is 9.47. The number of ether oxygens (including phenoxy) is 1. The number of fused-ring (bicyclic) bond motifs is 5. The third-order valence-corrected chi connectivity index (χ3v) is 8.74. The van der Waals surface area contributed by atoms with Gasteiger partial charge in [0.15, 0.2) is 5.78 Å². The summed E-state index contributed by atoms with van der Waals surface area (Å²) in [6, 6.07) is 0. The van der Waals surface area contributed by atoms with E-state index >= 15 is 0 Å². The zero-order valence-corrected chi connectivity index (χ0v) is 16.8. The summed E-state index contributed by atoms with van der Waals surface area (Å²) in [5, 5.41) is 0. The highest BCUT2D eigenvalue weighted by Crippen LogP contribution is 2.65. The van der Waals surface area contributed by atoms with Crippen molar-refractivity contribution in [2.24, 2.45) is 34.5 Å². The summed E-state index contributed by atoms with van der Waals surface area (Å²) in [5.74, 6) is 2.54. The van der Waals surface area contributed by atoms with E-state index in [4.69, 9.17) is 4.74 Å². The standard InChI is InChI=1S/C23H34O3/c1-5-21(25)26-20-9-8-17-16-7-6-15-12-19(24)14(2)13-23(15,4)18(16)10-11-22(17,20)3/h12,14,16-18,20H,5-11,13H2,1-4H3/t14?,16-,17-,18-,20-,22-,23-/m0/s1. The molecule has 0 radical (unpaired) electrons. The van der Waals surface area contributed by atoms with Crippen molar-refractivity contribution in [3.8, 4) is 0 Å². The third-order valence-electron chi connectivity index (χ3n) is 8.74. The lowest BCUT2D eigenvalue weighted by Crippen LogP contribution is -2.52. The summed E-state index contributed by atoms with van der Waals surface area (Å²) in [4.78, 5) is 24.1. The Kier molecular flexibility index (Phi) is 4.36. The molecule has 1 unspecified atom stereocenters. The molecule has 144 valence electrons. The molecule has 0 heterocycles. The van der Waals surface area contributed by atoms with Crippen LogP contribution in [0.2, 0.25) is 0 Å². The molecule has 0 aromatic carbocycles. The second-order valence-electron chi connectivity index (χ2n) is 9.96. The molecule has 0 aromatic heterocycles. The van der Waals surface area contributed by atoms with Crippen LogP contribution < -0.4 is 0 Å². The molecule has 0 bridgehead atoms. The number of rotatable bonds is 2. The number of hydrogen-bond donors (Lipinski definition) is 0. The van der Waals surface area contributed by atoms with Gasteiger partial charge in [-0.1, -0.05) is 33.3 Å². The van der Waals surface area contributed by atoms with Gasteiger partial charge in [-0.15, -0.1) is 0 Å². The van der Waals surface area contributed by atoms with Crippen molar-refractivity contribution in [3.63, 3.8) is 0 Å². The van der Waals surface area contributed by atoms with Crippen molar-refractivity contribution in [1.29, 1.82) is 0 Å². The molecule has 0 spiro atoms. The van der Waals surface area contributed by atoms with Crippen LogP contribution in [0.15, 0.2) is 11.6 Å². The molecule has 3 fully saturated rings. The van der Waals surface area contributed by atoms with Gasteiger partial charge in [0.25, 0.3) is 0 Å². The lowest BCUT2D eigenvalue weighted by Gasteiger charge is -2.58. The number of carbonyl (C=O) groups is 2. The van der Waals surface area contributed by atoms with E-state index in [1.54, 1.807) is 0 Å². The molecule has 0 amide bonds. The van der Waals surface area contributed by atoms with E-state index in [1.165, 1.54) is 24.8 Å². The molecule has 0 N–H and O–H groups in total. The number of hydrogen-bond acceptors (Lipinski definition) is 3. The van der Waals surface area contributed by atoms with Gasteiger partial charge in [0.2, 0.25) is 0 Å². The van der Waals surface area contributed by atoms with E-state index in [0.29, 0.717) is 24.0 Å². The van der Waals surface area contributed by atoms with Crippen LogP contribution in [0.3, 0.4) is 0 Å². The van der Waals surface area contributed by atoms with Gasteiger partial charge in [-0.25, -0.2) is 0 Å². The molecule has 0 aliphatic heterocycles. The van der Waals surface area contributed by atoms with Crippen LogP contribution in [-0.4, -0.2) is 17.9 Å². The second-order valence-corrected chi connectivity index (χ2v) is 9.96. The average Bonchev–Trinajstić information content (AvgIpc) is 2.93. The molecule has 7 atom stereocenters. The van der Waals surface area contributed by atoms with Gasteiger partial charge < -0.3 is 4.74 Å². The minimum Gasteiger partial charge on any atom is -0.462 e. The molecular weight excluding hydrogens is 324 g/mol. The summed E-state index contributed by atoms with van der Waals surface area (Å²) < 4.78 is 5.88. The highest BCUT2D eigenvalue weighted by molar-refractivity contribution is 5.93. The van der Waals surface area contributed by atoms with E-state index < -0.39 is 0 Å². The Labute approximate surface area is 157 Å². The first-order valence-electron chi connectivity index (χ1n) is 10.7. The summed E-state index contributed by atoms with van der Waals surface area (Å²) >= 11 is 0. The molecule has 0 saturated heterocycles. The smallest absolute Gasteiger partial charge is 0.305 e. The highest BCUT2D eigenvalue weighted by atomic mass is 16.5. The minimum atomic E-state index is -0.0422. The van der Waals surface area contributed by atoms with E-state index in [1.807, 2.05) is 13.0 Å². The predicted octanol–water partition coefficient (Wildman–Crippen LogP) is 5.09. The summed E-state index contributed by atoms with van der Waals surface area (Å²) in [6.07, 6.45) is 10.5. The number of esters is 1. The van der Waals surface area contributed by atoms with Crippen LogP contribution >= 0.6 is 0 Å². The Hall–Kier alpha value is -1.12. The number of ketones is 1. The molecule has 3 heteroatoms. The third kappa shape index (κ3) is 2.52. The Morgan fingerprint density at radius 2 is 1.96 bits per heavy atom. The Bertz CT molecular complexity index is 650. The van der Waals surface area contributed by atoms with Crippen LogP contribution in [0.4, 0.5) is 0 Å². The maximum atomic E-state index is 12.2. The van der Waals surface area contributed by atoms with Crippen LogP contribution in [0, 0.1) is 34.5 Å². The largest absolute Gasteiger partial charge is 0.462 e. The van der Waals surface area contributed by atoms with Crippen molar-refractivity contribution >= 4 is 11.8 Å². The van der Waals surface area contributed by atoms with Gasteiger partial charge in [-0.3, -0.25) is 9.59 Å². The molecule has 4 rings (SSSR count). The molecular formula is C23H34O3. The van der Waals surface area contributed by atoms with Gasteiger partial charge >= 0.3 is 5.97 Å². The van der Waals surface area contributed by atoms with Crippen molar-refractivity contribution in [1.82, 2.24) is 0 Å². The Morgan fingerprint density at radius 3 is 2.69 bits per heavy atom. The van der Waals surface area contributed by atoms with Crippen LogP contribution in [0.1, 0.15) is 79.1 Å². The predicted molar refractivity (Wildman–Crippen MR) is 101 cm³/mol. The lowest BCUT2D eigenvalue weighted by molar-refractivity contribution is -0.159. The fourth-order valence-electron chi connectivity index (χ4n) is 7.28. The van der Waals surface area contributed by atoms with Crippen molar-refractivity contribution in [2.45, 2.75) is 85.2 Å². The topological polar surface area (TPSA) is 43.4 Å². The zero-order chi connectivity index (χ0) is 18.7.